The first kappa shape index (κ1) is 14.1. The Bertz CT molecular complexity index is 430. The van der Waals surface area contributed by atoms with Crippen LogP contribution in [0.5, 0.6) is 5.75 Å². The van der Waals surface area contributed by atoms with Crippen molar-refractivity contribution in [3.63, 3.8) is 0 Å². The molecule has 2 atom stereocenters. The summed E-state index contributed by atoms with van der Waals surface area (Å²) in [6, 6.07) is 5.34. The molecule has 1 aliphatic carbocycles. The van der Waals surface area contributed by atoms with Crippen LogP contribution in [0.2, 0.25) is 0 Å². The molecule has 1 aromatic rings. The third-order valence-electron chi connectivity index (χ3n) is 2.38. The van der Waals surface area contributed by atoms with Crippen LogP contribution in [0.1, 0.15) is 12.0 Å². The Morgan fingerprint density at radius 3 is 2.17 bits per heavy atom. The van der Waals surface area contributed by atoms with Crippen molar-refractivity contribution in [2.75, 3.05) is 0 Å². The number of carbonyl (C=O) groups excluding carboxylic acids is 1. The van der Waals surface area contributed by atoms with Crippen molar-refractivity contribution in [2.45, 2.75) is 24.9 Å². The molecule has 6 heteroatoms. The number of rotatable bonds is 3. The van der Waals surface area contributed by atoms with Crippen molar-refractivity contribution in [3.8, 4) is 5.75 Å². The van der Waals surface area contributed by atoms with Crippen molar-refractivity contribution in [3.05, 3.63) is 29.8 Å². The van der Waals surface area contributed by atoms with Crippen LogP contribution < -0.4 is 11.5 Å². The van der Waals surface area contributed by atoms with Gasteiger partial charge in [-0.25, -0.2) is 0 Å². The predicted octanol–water partition coefficient (Wildman–Crippen LogP) is -0.367. The van der Waals surface area contributed by atoms with E-state index in [1.807, 2.05) is 0 Å². The minimum Gasteiger partial charge on any atom is -0.508 e. The van der Waals surface area contributed by atoms with Gasteiger partial charge in [0, 0.05) is 6.42 Å². The quantitative estimate of drug-likeness (QED) is 0.581. The molecule has 1 unspecified atom stereocenters. The number of carboxylic acids is 1. The first-order valence-corrected chi connectivity index (χ1v) is 5.44. The summed E-state index contributed by atoms with van der Waals surface area (Å²) >= 11 is 0. The molecular formula is C12H16N2O4. The van der Waals surface area contributed by atoms with E-state index in [4.69, 9.17) is 21.7 Å². The molecule has 0 radical (unpaired) electrons. The second kappa shape index (κ2) is 6.13. The number of aromatic hydroxyl groups is 1. The highest BCUT2D eigenvalue weighted by Gasteiger charge is 2.29. The average Bonchev–Trinajstić information content (AvgIpc) is 2.96. The van der Waals surface area contributed by atoms with Crippen LogP contribution in [0.15, 0.2) is 24.3 Å². The zero-order valence-electron chi connectivity index (χ0n) is 9.74. The van der Waals surface area contributed by atoms with Gasteiger partial charge >= 0.3 is 5.97 Å². The van der Waals surface area contributed by atoms with Crippen LogP contribution in [0.4, 0.5) is 0 Å². The van der Waals surface area contributed by atoms with Gasteiger partial charge in [0.25, 0.3) is 0 Å². The first-order chi connectivity index (χ1) is 8.40. The molecule has 1 aliphatic rings. The summed E-state index contributed by atoms with van der Waals surface area (Å²) in [7, 11) is 0. The first-order valence-electron chi connectivity index (χ1n) is 5.44. The van der Waals surface area contributed by atoms with E-state index in [0.29, 0.717) is 6.42 Å². The Kier molecular flexibility index (Phi) is 4.82. The highest BCUT2D eigenvalue weighted by atomic mass is 16.4. The van der Waals surface area contributed by atoms with Gasteiger partial charge in [-0.05, 0) is 24.1 Å². The lowest BCUT2D eigenvalue weighted by Gasteiger charge is -2.05. The lowest BCUT2D eigenvalue weighted by Crippen LogP contribution is -2.32. The number of carboxylic acid groups (broad SMARTS) is 1. The highest BCUT2D eigenvalue weighted by molar-refractivity contribution is 5.99. The highest BCUT2D eigenvalue weighted by Crippen LogP contribution is 2.10. The van der Waals surface area contributed by atoms with Gasteiger partial charge in [0.15, 0.2) is 5.78 Å². The molecule has 0 bridgehead atoms. The molecule has 18 heavy (non-hydrogen) atoms. The number of aliphatic carboxylic acids is 1. The molecule has 0 saturated heterocycles. The summed E-state index contributed by atoms with van der Waals surface area (Å²) in [5, 5.41) is 17.5. The number of benzene rings is 1. The summed E-state index contributed by atoms with van der Waals surface area (Å²) < 4.78 is 0. The number of Topliss-reactive ketones (excluding diaryl/α,β-unsaturated/α-hetero) is 1. The molecule has 0 spiro atoms. The van der Waals surface area contributed by atoms with Gasteiger partial charge in [-0.1, -0.05) is 12.1 Å². The maximum absolute atomic E-state index is 10.4. The van der Waals surface area contributed by atoms with E-state index in [2.05, 4.69) is 0 Å². The fourth-order valence-electron chi connectivity index (χ4n) is 1.13. The van der Waals surface area contributed by atoms with Crippen molar-refractivity contribution in [2.24, 2.45) is 11.5 Å². The molecule has 6 nitrogen and oxygen atoms in total. The molecule has 1 fully saturated rings. The Hall–Kier alpha value is -1.92. The maximum Gasteiger partial charge on any atom is 0.320 e. The van der Waals surface area contributed by atoms with E-state index in [1.165, 1.54) is 12.1 Å². The Balaban J connectivity index is 0.000000269. The van der Waals surface area contributed by atoms with Crippen LogP contribution in [0.25, 0.3) is 0 Å². The maximum atomic E-state index is 10.4. The Labute approximate surface area is 104 Å². The third kappa shape index (κ3) is 4.94. The van der Waals surface area contributed by atoms with Gasteiger partial charge in [-0.2, -0.15) is 0 Å². The van der Waals surface area contributed by atoms with E-state index in [1.54, 1.807) is 12.1 Å². The summed E-state index contributed by atoms with van der Waals surface area (Å²) in [6.45, 7) is 0. The second-order valence-corrected chi connectivity index (χ2v) is 4.09. The topological polar surface area (TPSA) is 127 Å². The van der Waals surface area contributed by atoms with E-state index in [0.717, 1.165) is 5.56 Å². The predicted molar refractivity (Wildman–Crippen MR) is 65.0 cm³/mol. The van der Waals surface area contributed by atoms with Crippen LogP contribution in [-0.2, 0) is 16.0 Å². The molecule has 6 N–H and O–H groups in total. The van der Waals surface area contributed by atoms with E-state index in [-0.39, 0.29) is 24.0 Å². The SMILES string of the molecule is NC1CC1=O.N[C@@H](Cc1ccc(O)cc1)C(=O)O. The monoisotopic (exact) mass is 252 g/mol. The van der Waals surface area contributed by atoms with Gasteiger partial charge in [0.05, 0.1) is 6.04 Å². The van der Waals surface area contributed by atoms with Crippen LogP contribution in [-0.4, -0.2) is 34.0 Å². The van der Waals surface area contributed by atoms with Gasteiger partial charge in [0.2, 0.25) is 0 Å². The number of nitrogens with two attached hydrogens (primary N) is 2. The number of carbonyl (C=O) groups is 2. The number of phenolic OH excluding ortho intramolecular Hbond substituents is 1. The van der Waals surface area contributed by atoms with Crippen molar-refractivity contribution >= 4 is 11.8 Å². The van der Waals surface area contributed by atoms with E-state index in [9.17, 15) is 9.59 Å². The Morgan fingerprint density at radius 1 is 1.39 bits per heavy atom. The van der Waals surface area contributed by atoms with Gasteiger partial charge in [-0.15, -0.1) is 0 Å². The lowest BCUT2D eigenvalue weighted by molar-refractivity contribution is -0.138. The van der Waals surface area contributed by atoms with Crippen LogP contribution in [0, 0.1) is 0 Å². The molecule has 1 saturated carbocycles. The molecule has 2 rings (SSSR count). The van der Waals surface area contributed by atoms with Gasteiger partial charge in [0.1, 0.15) is 11.8 Å². The molecule has 1 aromatic carbocycles. The molecule has 0 aliphatic heterocycles. The van der Waals surface area contributed by atoms with Gasteiger partial charge < -0.3 is 21.7 Å². The lowest BCUT2D eigenvalue weighted by atomic mass is 10.1. The average molecular weight is 252 g/mol. The molecular weight excluding hydrogens is 236 g/mol. The molecule has 98 valence electrons. The van der Waals surface area contributed by atoms with Crippen molar-refractivity contribution in [1.82, 2.24) is 0 Å². The Morgan fingerprint density at radius 2 is 1.83 bits per heavy atom. The van der Waals surface area contributed by atoms with Crippen LogP contribution in [0.3, 0.4) is 0 Å². The van der Waals surface area contributed by atoms with Crippen LogP contribution >= 0.6 is 0 Å². The summed E-state index contributed by atoms with van der Waals surface area (Å²) in [4.78, 5) is 20.2. The summed E-state index contributed by atoms with van der Waals surface area (Å²) in [6.07, 6.45) is 0.885. The fourth-order valence-corrected chi connectivity index (χ4v) is 1.13. The largest absolute Gasteiger partial charge is 0.508 e. The second-order valence-electron chi connectivity index (χ2n) is 4.09. The van der Waals surface area contributed by atoms with Crippen molar-refractivity contribution < 1.29 is 19.8 Å². The number of hydrogen-bond acceptors (Lipinski definition) is 5. The summed E-state index contributed by atoms with van der Waals surface area (Å²) in [5.74, 6) is -0.661. The molecule has 0 amide bonds. The minimum absolute atomic E-state index is 0.0880. The number of phenols is 1. The molecule has 0 aromatic heterocycles. The normalized spacial score (nSPS) is 18.6. The number of hydrogen-bond donors (Lipinski definition) is 4. The smallest absolute Gasteiger partial charge is 0.320 e. The third-order valence-corrected chi connectivity index (χ3v) is 2.38. The zero-order chi connectivity index (χ0) is 13.7. The van der Waals surface area contributed by atoms with Crippen molar-refractivity contribution in [1.29, 1.82) is 0 Å². The standard InChI is InChI=1S/C9H11NO3.C3H5NO/c10-8(9(12)13)5-6-1-3-7(11)4-2-6;4-2-1-3(2)5/h1-4,8,11H,5,10H2,(H,12,13);2H,1,4H2/t8-;/m0./s1. The van der Waals surface area contributed by atoms with Gasteiger partial charge in [-0.3, -0.25) is 9.59 Å². The summed E-state index contributed by atoms with van der Waals surface area (Å²) in [5.41, 5.74) is 11.1. The fraction of sp³-hybridized carbons (Fsp3) is 0.333. The molecule has 0 heterocycles. The minimum atomic E-state index is -1.02. The zero-order valence-corrected chi connectivity index (χ0v) is 9.74. The number of ketones is 1. The van der Waals surface area contributed by atoms with E-state index < -0.39 is 12.0 Å². The van der Waals surface area contributed by atoms with E-state index >= 15 is 0 Å².